The van der Waals surface area contributed by atoms with Gasteiger partial charge in [0.1, 0.15) is 5.57 Å². The molecule has 0 amide bonds. The van der Waals surface area contributed by atoms with Gasteiger partial charge in [0.2, 0.25) is 0 Å². The van der Waals surface area contributed by atoms with Crippen LogP contribution in [0.4, 0.5) is 0 Å². The average Bonchev–Trinajstić information content (AvgIpc) is 2.43. The lowest BCUT2D eigenvalue weighted by Crippen LogP contribution is -2.23. The molecule has 0 saturated heterocycles. The number of hydrogen-bond donors (Lipinski definition) is 0. The molecule has 0 fully saturated rings. The average molecular weight is 304 g/mol. The van der Waals surface area contributed by atoms with Crippen LogP contribution in [0.2, 0.25) is 0 Å². The van der Waals surface area contributed by atoms with Crippen molar-refractivity contribution >= 4 is 11.9 Å². The van der Waals surface area contributed by atoms with Gasteiger partial charge in [0.25, 0.3) is 0 Å². The third kappa shape index (κ3) is 5.72. The summed E-state index contributed by atoms with van der Waals surface area (Å²) in [5.74, 6) is -1.40. The Hall–Kier alpha value is -2.10. The van der Waals surface area contributed by atoms with E-state index < -0.39 is 11.9 Å². The van der Waals surface area contributed by atoms with Crippen LogP contribution in [0.1, 0.15) is 46.1 Å². The molecule has 1 aromatic carbocycles. The van der Waals surface area contributed by atoms with Crippen LogP contribution in [-0.4, -0.2) is 24.1 Å². The van der Waals surface area contributed by atoms with E-state index in [0.717, 1.165) is 5.56 Å². The van der Waals surface area contributed by atoms with Crippen LogP contribution in [0.25, 0.3) is 0 Å². The first-order chi connectivity index (χ1) is 10.3. The fourth-order valence-corrected chi connectivity index (χ4v) is 1.88. The number of carbonyl (C=O) groups is 2. The van der Waals surface area contributed by atoms with E-state index in [9.17, 15) is 9.59 Å². The molecule has 0 saturated carbocycles. The normalized spacial score (nSPS) is 12.0. The van der Waals surface area contributed by atoms with Gasteiger partial charge in [-0.05, 0) is 33.3 Å². The van der Waals surface area contributed by atoms with Crippen LogP contribution in [0.3, 0.4) is 0 Å². The molecule has 0 aliphatic heterocycles. The summed E-state index contributed by atoms with van der Waals surface area (Å²) in [7, 11) is 0. The Morgan fingerprint density at radius 2 is 1.32 bits per heavy atom. The first-order valence-electron chi connectivity index (χ1n) is 7.50. The topological polar surface area (TPSA) is 52.6 Å². The van der Waals surface area contributed by atoms with Crippen molar-refractivity contribution < 1.29 is 19.1 Å². The van der Waals surface area contributed by atoms with Crippen molar-refractivity contribution in [2.45, 2.75) is 52.7 Å². The third-order valence-electron chi connectivity index (χ3n) is 2.87. The largest absolute Gasteiger partial charge is 0.459 e. The maximum absolute atomic E-state index is 12.2. The Bertz CT molecular complexity index is 505. The highest BCUT2D eigenvalue weighted by Crippen LogP contribution is 2.19. The zero-order chi connectivity index (χ0) is 16.7. The number of carbonyl (C=O) groups excluding carboxylic acids is 2. The van der Waals surface area contributed by atoms with E-state index >= 15 is 0 Å². The number of hydrogen-bond acceptors (Lipinski definition) is 4. The Morgan fingerprint density at radius 3 is 1.73 bits per heavy atom. The molecule has 0 aromatic heterocycles. The molecule has 1 unspecified atom stereocenters. The summed E-state index contributed by atoms with van der Waals surface area (Å²) in [6, 6.07) is 9.64. The zero-order valence-electron chi connectivity index (χ0n) is 13.8. The van der Waals surface area contributed by atoms with E-state index in [-0.39, 0.29) is 23.7 Å². The molecule has 22 heavy (non-hydrogen) atoms. The first-order valence-corrected chi connectivity index (χ1v) is 7.50. The summed E-state index contributed by atoms with van der Waals surface area (Å²) < 4.78 is 10.3. The molecule has 1 aromatic rings. The molecule has 1 atom stereocenters. The predicted octanol–water partition coefficient (Wildman–Crippen LogP) is 3.62. The number of ether oxygens (including phenoxy) is 2. The first kappa shape index (κ1) is 18.0. The van der Waals surface area contributed by atoms with Gasteiger partial charge in [0, 0.05) is 5.92 Å². The Morgan fingerprint density at radius 1 is 0.864 bits per heavy atom. The summed E-state index contributed by atoms with van der Waals surface area (Å²) in [5, 5.41) is 0. The lowest BCUT2D eigenvalue weighted by molar-refractivity contribution is -0.151. The van der Waals surface area contributed by atoms with Gasteiger partial charge in [0.05, 0.1) is 12.2 Å². The summed E-state index contributed by atoms with van der Waals surface area (Å²) in [6.45, 7) is 8.88. The molecule has 120 valence electrons. The fraction of sp³-hybridized carbons (Fsp3) is 0.444. The number of benzene rings is 1. The molecular weight excluding hydrogens is 280 g/mol. The fourth-order valence-electron chi connectivity index (χ4n) is 1.88. The standard InChI is InChI=1S/C18H24O4/c1-12(2)21-17(19)16(18(20)22-13(3)4)11-14(5)15-9-7-6-8-10-15/h6-14H,1-5H3. The Labute approximate surface area is 132 Å². The van der Waals surface area contributed by atoms with Crippen molar-refractivity contribution in [3.05, 3.63) is 47.5 Å². The van der Waals surface area contributed by atoms with Crippen molar-refractivity contribution in [2.75, 3.05) is 0 Å². The van der Waals surface area contributed by atoms with Gasteiger partial charge in [0.15, 0.2) is 0 Å². The van der Waals surface area contributed by atoms with E-state index in [1.54, 1.807) is 33.8 Å². The van der Waals surface area contributed by atoms with E-state index in [1.807, 2.05) is 37.3 Å². The van der Waals surface area contributed by atoms with Gasteiger partial charge in [-0.2, -0.15) is 0 Å². The molecule has 0 spiro atoms. The summed E-state index contributed by atoms with van der Waals surface area (Å²) in [6.07, 6.45) is 1.01. The molecule has 0 radical (unpaired) electrons. The van der Waals surface area contributed by atoms with Crippen molar-refractivity contribution in [1.82, 2.24) is 0 Å². The lowest BCUT2D eigenvalue weighted by Gasteiger charge is -2.14. The van der Waals surface area contributed by atoms with Crippen LogP contribution < -0.4 is 0 Å². The van der Waals surface area contributed by atoms with Gasteiger partial charge in [-0.3, -0.25) is 0 Å². The minimum absolute atomic E-state index is 0.0567. The van der Waals surface area contributed by atoms with Crippen molar-refractivity contribution in [3.8, 4) is 0 Å². The van der Waals surface area contributed by atoms with Crippen LogP contribution in [-0.2, 0) is 19.1 Å². The zero-order valence-corrected chi connectivity index (χ0v) is 13.8. The van der Waals surface area contributed by atoms with Gasteiger partial charge in [-0.15, -0.1) is 0 Å². The second-order valence-corrected chi connectivity index (χ2v) is 5.69. The third-order valence-corrected chi connectivity index (χ3v) is 2.87. The molecule has 1 rings (SSSR count). The molecule has 0 heterocycles. The number of esters is 2. The van der Waals surface area contributed by atoms with Crippen LogP contribution >= 0.6 is 0 Å². The minimum atomic E-state index is -0.650. The van der Waals surface area contributed by atoms with Crippen LogP contribution in [0.15, 0.2) is 42.0 Å². The Balaban J connectivity index is 3.05. The second-order valence-electron chi connectivity index (χ2n) is 5.69. The molecular formula is C18H24O4. The highest BCUT2D eigenvalue weighted by molar-refractivity contribution is 6.14. The number of allylic oxidation sites excluding steroid dienone is 1. The number of rotatable bonds is 6. The second kappa shape index (κ2) is 8.37. The SMILES string of the molecule is CC(C)OC(=O)C(=CC(C)c1ccccc1)C(=O)OC(C)C. The quantitative estimate of drug-likeness (QED) is 0.348. The highest BCUT2D eigenvalue weighted by Gasteiger charge is 2.24. The van der Waals surface area contributed by atoms with Crippen molar-refractivity contribution in [1.29, 1.82) is 0 Å². The highest BCUT2D eigenvalue weighted by atomic mass is 16.6. The molecule has 0 N–H and O–H groups in total. The molecule has 0 bridgehead atoms. The lowest BCUT2D eigenvalue weighted by atomic mass is 9.98. The molecule has 4 nitrogen and oxygen atoms in total. The summed E-state index contributed by atoms with van der Waals surface area (Å²) in [5.41, 5.74) is 0.952. The Kier molecular flexibility index (Phi) is 6.83. The maximum atomic E-state index is 12.2. The molecule has 4 heteroatoms. The maximum Gasteiger partial charge on any atom is 0.345 e. The van der Waals surface area contributed by atoms with Crippen LogP contribution in [0, 0.1) is 0 Å². The van der Waals surface area contributed by atoms with Crippen LogP contribution in [0.5, 0.6) is 0 Å². The smallest absolute Gasteiger partial charge is 0.345 e. The molecule has 0 aliphatic rings. The van der Waals surface area contributed by atoms with E-state index in [2.05, 4.69) is 0 Å². The minimum Gasteiger partial charge on any atom is -0.459 e. The van der Waals surface area contributed by atoms with Gasteiger partial charge in [-0.1, -0.05) is 43.3 Å². The van der Waals surface area contributed by atoms with Crippen molar-refractivity contribution in [2.24, 2.45) is 0 Å². The van der Waals surface area contributed by atoms with E-state index in [0.29, 0.717) is 0 Å². The molecule has 0 aliphatic carbocycles. The summed E-state index contributed by atoms with van der Waals surface area (Å²) in [4.78, 5) is 24.3. The predicted molar refractivity (Wildman–Crippen MR) is 85.4 cm³/mol. The van der Waals surface area contributed by atoms with Crippen molar-refractivity contribution in [3.63, 3.8) is 0 Å². The van der Waals surface area contributed by atoms with Gasteiger partial charge in [-0.25, -0.2) is 9.59 Å². The monoisotopic (exact) mass is 304 g/mol. The van der Waals surface area contributed by atoms with E-state index in [4.69, 9.17) is 9.47 Å². The van der Waals surface area contributed by atoms with E-state index in [1.165, 1.54) is 0 Å². The van der Waals surface area contributed by atoms with Gasteiger partial charge >= 0.3 is 11.9 Å². The van der Waals surface area contributed by atoms with Gasteiger partial charge < -0.3 is 9.47 Å². The summed E-state index contributed by atoms with van der Waals surface area (Å²) >= 11 is 0.